The van der Waals surface area contributed by atoms with Crippen molar-refractivity contribution in [3.05, 3.63) is 76.5 Å². The molecule has 1 N–H and O–H groups in total. The van der Waals surface area contributed by atoms with Crippen molar-refractivity contribution in [2.45, 2.75) is 17.9 Å². The summed E-state index contributed by atoms with van der Waals surface area (Å²) in [6.07, 6.45) is 2.70. The van der Waals surface area contributed by atoms with Gasteiger partial charge in [0.2, 0.25) is 11.8 Å². The fourth-order valence-corrected chi connectivity index (χ4v) is 3.98. The molecule has 1 amide bonds. The van der Waals surface area contributed by atoms with E-state index < -0.39 is 0 Å². The summed E-state index contributed by atoms with van der Waals surface area (Å²) in [7, 11) is 0. The van der Waals surface area contributed by atoms with Crippen LogP contribution in [0.25, 0.3) is 0 Å². The molecule has 8 heteroatoms. The van der Waals surface area contributed by atoms with E-state index in [-0.39, 0.29) is 5.91 Å². The lowest BCUT2D eigenvalue weighted by Crippen LogP contribution is -2.16. The van der Waals surface area contributed by atoms with Crippen molar-refractivity contribution in [2.75, 3.05) is 24.2 Å². The average Bonchev–Trinajstić information content (AvgIpc) is 3.42. The molecule has 2 aromatic carbocycles. The number of anilines is 1. The van der Waals surface area contributed by atoms with Gasteiger partial charge in [-0.3, -0.25) is 9.48 Å². The Morgan fingerprint density at radius 2 is 1.97 bits per heavy atom. The summed E-state index contributed by atoms with van der Waals surface area (Å²) in [6.45, 7) is 1.85. The van der Waals surface area contributed by atoms with Crippen LogP contribution in [0.3, 0.4) is 0 Å². The van der Waals surface area contributed by atoms with Crippen molar-refractivity contribution in [3.8, 4) is 0 Å². The van der Waals surface area contributed by atoms with Gasteiger partial charge in [-0.1, -0.05) is 46.3 Å². The third kappa shape index (κ3) is 5.52. The Morgan fingerprint density at radius 1 is 1.17 bits per heavy atom. The summed E-state index contributed by atoms with van der Waals surface area (Å²) in [6, 6.07) is 18.1. The Balaban J connectivity index is 1.43. The minimum Gasteiger partial charge on any atom is -0.474 e. The predicted molar refractivity (Wildman–Crippen MR) is 123 cm³/mol. The van der Waals surface area contributed by atoms with E-state index in [1.165, 1.54) is 17.3 Å². The minimum absolute atomic E-state index is 0.0922. The van der Waals surface area contributed by atoms with E-state index in [9.17, 15) is 4.79 Å². The molecule has 2 heterocycles. The van der Waals surface area contributed by atoms with Crippen LogP contribution >= 0.6 is 27.7 Å². The standard InChI is InChI=1S/C22H21BrN4O2S/c23-17-6-8-18(9-7-17)30-15-20(28)25-19-14-27(12-10-16-4-2-1-3-5-16)26-21(19)22-24-11-13-29-22/h1-9,14H,10-13,15H2,(H,25,28). The smallest absolute Gasteiger partial charge is 0.239 e. The number of carbonyl (C=O) groups is 1. The van der Waals surface area contributed by atoms with Crippen molar-refractivity contribution in [1.29, 1.82) is 0 Å². The largest absolute Gasteiger partial charge is 0.474 e. The van der Waals surface area contributed by atoms with Gasteiger partial charge < -0.3 is 10.1 Å². The highest BCUT2D eigenvalue weighted by atomic mass is 79.9. The molecule has 0 aliphatic carbocycles. The number of nitrogens with one attached hydrogen (secondary N) is 1. The number of carbonyl (C=O) groups excluding carboxylic acids is 1. The van der Waals surface area contributed by atoms with Crippen LogP contribution in [0.1, 0.15) is 11.3 Å². The number of ether oxygens (including phenoxy) is 1. The van der Waals surface area contributed by atoms with Gasteiger partial charge in [0, 0.05) is 22.1 Å². The molecular weight excluding hydrogens is 464 g/mol. The second-order valence-corrected chi connectivity index (χ2v) is 8.68. The SMILES string of the molecule is O=C(CSc1ccc(Br)cc1)Nc1cn(CCc2ccccc2)nc1C1=NCCO1. The first-order valence-electron chi connectivity index (χ1n) is 9.64. The summed E-state index contributed by atoms with van der Waals surface area (Å²) < 4.78 is 8.44. The van der Waals surface area contributed by atoms with E-state index in [2.05, 4.69) is 43.5 Å². The van der Waals surface area contributed by atoms with E-state index in [4.69, 9.17) is 4.74 Å². The van der Waals surface area contributed by atoms with E-state index in [1.54, 1.807) is 0 Å². The van der Waals surface area contributed by atoms with Gasteiger partial charge in [-0.2, -0.15) is 5.10 Å². The fourth-order valence-electron chi connectivity index (χ4n) is 3.02. The minimum atomic E-state index is -0.0922. The summed E-state index contributed by atoms with van der Waals surface area (Å²) in [5.41, 5.74) is 2.45. The van der Waals surface area contributed by atoms with E-state index in [0.717, 1.165) is 15.8 Å². The van der Waals surface area contributed by atoms with Crippen LogP contribution in [0, 0.1) is 0 Å². The van der Waals surface area contributed by atoms with Gasteiger partial charge in [-0.05, 0) is 36.2 Å². The lowest BCUT2D eigenvalue weighted by molar-refractivity contribution is -0.113. The topological polar surface area (TPSA) is 68.5 Å². The highest BCUT2D eigenvalue weighted by Crippen LogP contribution is 2.22. The Hall–Kier alpha value is -2.58. The molecule has 30 heavy (non-hydrogen) atoms. The van der Waals surface area contributed by atoms with Crippen LogP contribution in [0.5, 0.6) is 0 Å². The molecule has 1 aliphatic heterocycles. The zero-order chi connectivity index (χ0) is 20.8. The van der Waals surface area contributed by atoms with Crippen molar-refractivity contribution in [2.24, 2.45) is 4.99 Å². The van der Waals surface area contributed by atoms with Gasteiger partial charge in [-0.15, -0.1) is 11.8 Å². The van der Waals surface area contributed by atoms with Crippen LogP contribution in [0.15, 0.2) is 75.2 Å². The van der Waals surface area contributed by atoms with Crippen LogP contribution in [0.2, 0.25) is 0 Å². The lowest BCUT2D eigenvalue weighted by Gasteiger charge is -2.05. The first kappa shape index (κ1) is 20.7. The van der Waals surface area contributed by atoms with Gasteiger partial charge in [0.25, 0.3) is 0 Å². The number of benzene rings is 2. The molecule has 4 rings (SSSR count). The predicted octanol–water partition coefficient (Wildman–Crippen LogP) is 4.40. The van der Waals surface area contributed by atoms with Gasteiger partial charge in [-0.25, -0.2) is 4.99 Å². The maximum atomic E-state index is 12.5. The van der Waals surface area contributed by atoms with Crippen LogP contribution in [0.4, 0.5) is 5.69 Å². The molecule has 1 aromatic heterocycles. The number of thioether (sulfide) groups is 1. The van der Waals surface area contributed by atoms with E-state index in [1.807, 2.05) is 53.3 Å². The van der Waals surface area contributed by atoms with Crippen LogP contribution in [-0.4, -0.2) is 40.5 Å². The number of amides is 1. The molecule has 0 saturated carbocycles. The molecule has 0 saturated heterocycles. The molecule has 0 bridgehead atoms. The fraction of sp³-hybridized carbons (Fsp3) is 0.227. The highest BCUT2D eigenvalue weighted by Gasteiger charge is 2.21. The summed E-state index contributed by atoms with van der Waals surface area (Å²) >= 11 is 4.91. The summed E-state index contributed by atoms with van der Waals surface area (Å²) in [4.78, 5) is 18.0. The van der Waals surface area contributed by atoms with Crippen molar-refractivity contribution in [3.63, 3.8) is 0 Å². The Bertz CT molecular complexity index is 1040. The number of hydrogen-bond donors (Lipinski definition) is 1. The highest BCUT2D eigenvalue weighted by molar-refractivity contribution is 9.10. The third-order valence-corrected chi connectivity index (χ3v) is 6.02. The Kier molecular flexibility index (Phi) is 6.86. The summed E-state index contributed by atoms with van der Waals surface area (Å²) in [5.74, 6) is 0.707. The number of aromatic nitrogens is 2. The number of hydrogen-bond acceptors (Lipinski definition) is 5. The van der Waals surface area contributed by atoms with E-state index >= 15 is 0 Å². The molecule has 0 spiro atoms. The first-order chi connectivity index (χ1) is 14.7. The lowest BCUT2D eigenvalue weighted by atomic mass is 10.1. The molecule has 0 radical (unpaired) electrons. The van der Waals surface area contributed by atoms with Crippen LogP contribution < -0.4 is 5.32 Å². The van der Waals surface area contributed by atoms with Gasteiger partial charge in [0.05, 0.1) is 18.0 Å². The number of rotatable bonds is 8. The van der Waals surface area contributed by atoms with Crippen molar-refractivity contribution in [1.82, 2.24) is 9.78 Å². The van der Waals surface area contributed by atoms with Gasteiger partial charge >= 0.3 is 0 Å². The quantitative estimate of drug-likeness (QED) is 0.481. The Morgan fingerprint density at radius 3 is 2.70 bits per heavy atom. The van der Waals surface area contributed by atoms with Crippen molar-refractivity contribution >= 4 is 45.2 Å². The third-order valence-electron chi connectivity index (χ3n) is 4.48. The molecule has 3 aromatic rings. The van der Waals surface area contributed by atoms with Gasteiger partial charge in [0.1, 0.15) is 6.61 Å². The molecular formula is C22H21BrN4O2S. The maximum absolute atomic E-state index is 12.5. The maximum Gasteiger partial charge on any atom is 0.239 e. The number of aliphatic imine (C=N–C) groups is 1. The number of halogens is 1. The molecule has 0 unspecified atom stereocenters. The first-order valence-corrected chi connectivity index (χ1v) is 11.4. The second-order valence-electron chi connectivity index (χ2n) is 6.72. The number of aryl methyl sites for hydroxylation is 2. The normalized spacial score (nSPS) is 13.0. The molecule has 154 valence electrons. The molecule has 6 nitrogen and oxygen atoms in total. The van der Waals surface area contributed by atoms with Gasteiger partial charge in [0.15, 0.2) is 5.69 Å². The average molecular weight is 485 g/mol. The number of nitrogens with zero attached hydrogens (tertiary/aromatic N) is 3. The zero-order valence-corrected chi connectivity index (χ0v) is 18.7. The van der Waals surface area contributed by atoms with E-state index in [0.29, 0.717) is 42.7 Å². The monoisotopic (exact) mass is 484 g/mol. The van der Waals surface area contributed by atoms with Crippen LogP contribution in [-0.2, 0) is 22.5 Å². The second kappa shape index (κ2) is 9.95. The zero-order valence-electron chi connectivity index (χ0n) is 16.3. The van der Waals surface area contributed by atoms with Crippen molar-refractivity contribution < 1.29 is 9.53 Å². The molecule has 0 atom stereocenters. The molecule has 1 aliphatic rings. The summed E-state index contributed by atoms with van der Waals surface area (Å²) in [5, 5.41) is 7.60. The molecule has 0 fully saturated rings. The Labute approximate surface area is 187 Å².